The topological polar surface area (TPSA) is 105 Å². The summed E-state index contributed by atoms with van der Waals surface area (Å²) in [5.74, 6) is -1.41. The van der Waals surface area contributed by atoms with Crippen LogP contribution in [0.1, 0.15) is 30.1 Å². The van der Waals surface area contributed by atoms with Crippen molar-refractivity contribution in [3.8, 4) is 0 Å². The van der Waals surface area contributed by atoms with Gasteiger partial charge in [-0.3, -0.25) is 4.79 Å². The van der Waals surface area contributed by atoms with Gasteiger partial charge in [0.2, 0.25) is 0 Å². The first kappa shape index (κ1) is 20.4. The monoisotopic (exact) mass is 376 g/mol. The standard InChI is InChI=1S/C19H24N2O6/c1-3-4-11-27-18(24)13-5-7-14(8-6-13)20-16-15(19(25)26-2)12-21(9-10-22)17(16)23/h5-8,20,22H,3-4,9-12H2,1-2H3. The van der Waals surface area contributed by atoms with Gasteiger partial charge in [0, 0.05) is 12.2 Å². The fourth-order valence-corrected chi connectivity index (χ4v) is 2.58. The SMILES string of the molecule is CCCCOC(=O)c1ccc(NC2=C(C(=O)OC)CN(CCO)C2=O)cc1. The molecule has 1 aromatic carbocycles. The van der Waals surface area contributed by atoms with Gasteiger partial charge in [-0.05, 0) is 30.7 Å². The quantitative estimate of drug-likeness (QED) is 0.495. The number of nitrogens with zero attached hydrogens (tertiary/aromatic N) is 1. The molecule has 8 nitrogen and oxygen atoms in total. The summed E-state index contributed by atoms with van der Waals surface area (Å²) in [6, 6.07) is 6.42. The van der Waals surface area contributed by atoms with E-state index in [9.17, 15) is 14.4 Å². The Kier molecular flexibility index (Phi) is 7.36. The van der Waals surface area contributed by atoms with Gasteiger partial charge >= 0.3 is 11.9 Å². The maximum absolute atomic E-state index is 12.5. The number of aliphatic hydroxyl groups is 1. The van der Waals surface area contributed by atoms with E-state index in [0.717, 1.165) is 12.8 Å². The smallest absolute Gasteiger partial charge is 0.338 e. The Bertz CT molecular complexity index is 726. The fourth-order valence-electron chi connectivity index (χ4n) is 2.58. The summed E-state index contributed by atoms with van der Waals surface area (Å²) in [5, 5.41) is 12.0. The average molecular weight is 376 g/mol. The van der Waals surface area contributed by atoms with Crippen molar-refractivity contribution in [3.63, 3.8) is 0 Å². The number of rotatable bonds is 9. The first-order valence-electron chi connectivity index (χ1n) is 8.77. The van der Waals surface area contributed by atoms with Gasteiger partial charge in [-0.15, -0.1) is 0 Å². The summed E-state index contributed by atoms with van der Waals surface area (Å²) < 4.78 is 9.88. The number of aliphatic hydroxyl groups excluding tert-OH is 1. The van der Waals surface area contributed by atoms with Gasteiger partial charge in [-0.1, -0.05) is 13.3 Å². The predicted molar refractivity (Wildman–Crippen MR) is 98.0 cm³/mol. The number of carbonyl (C=O) groups excluding carboxylic acids is 3. The Morgan fingerprint density at radius 3 is 2.52 bits per heavy atom. The predicted octanol–water partition coefficient (Wildman–Crippen LogP) is 1.32. The zero-order valence-corrected chi connectivity index (χ0v) is 15.5. The van der Waals surface area contributed by atoms with Crippen molar-refractivity contribution in [2.75, 3.05) is 38.7 Å². The molecule has 0 aliphatic carbocycles. The molecule has 1 heterocycles. The minimum Gasteiger partial charge on any atom is -0.466 e. The average Bonchev–Trinajstić information content (AvgIpc) is 2.98. The van der Waals surface area contributed by atoms with Crippen molar-refractivity contribution in [1.82, 2.24) is 4.90 Å². The number of unbranched alkanes of at least 4 members (excludes halogenated alkanes) is 1. The van der Waals surface area contributed by atoms with Crippen LogP contribution in [0.25, 0.3) is 0 Å². The molecule has 0 radical (unpaired) electrons. The molecule has 0 aromatic heterocycles. The van der Waals surface area contributed by atoms with Gasteiger partial charge in [0.05, 0.1) is 38.0 Å². The number of methoxy groups -OCH3 is 1. The summed E-state index contributed by atoms with van der Waals surface area (Å²) in [7, 11) is 1.24. The summed E-state index contributed by atoms with van der Waals surface area (Å²) in [4.78, 5) is 37.7. The highest BCUT2D eigenvalue weighted by Crippen LogP contribution is 2.23. The van der Waals surface area contributed by atoms with Crippen LogP contribution >= 0.6 is 0 Å². The number of benzene rings is 1. The third-order valence-electron chi connectivity index (χ3n) is 4.07. The van der Waals surface area contributed by atoms with Crippen LogP contribution in [0, 0.1) is 0 Å². The Morgan fingerprint density at radius 2 is 1.93 bits per heavy atom. The first-order valence-corrected chi connectivity index (χ1v) is 8.77. The Labute approximate surface area is 157 Å². The molecule has 2 rings (SSSR count). The van der Waals surface area contributed by atoms with E-state index in [2.05, 4.69) is 5.32 Å². The van der Waals surface area contributed by atoms with Crippen molar-refractivity contribution >= 4 is 23.5 Å². The van der Waals surface area contributed by atoms with Gasteiger partial charge in [-0.25, -0.2) is 9.59 Å². The molecule has 1 aromatic rings. The second kappa shape index (κ2) is 9.72. The van der Waals surface area contributed by atoms with E-state index >= 15 is 0 Å². The normalized spacial score (nSPS) is 13.7. The first-order chi connectivity index (χ1) is 13.0. The van der Waals surface area contributed by atoms with E-state index in [-0.39, 0.29) is 31.0 Å². The van der Waals surface area contributed by atoms with Crippen molar-refractivity contribution in [2.24, 2.45) is 0 Å². The molecule has 1 aliphatic rings. The molecule has 8 heteroatoms. The van der Waals surface area contributed by atoms with Gasteiger partial charge in [0.1, 0.15) is 5.70 Å². The van der Waals surface area contributed by atoms with Crippen LogP contribution in [0.4, 0.5) is 5.69 Å². The molecule has 0 unspecified atom stereocenters. The number of amides is 1. The minimum absolute atomic E-state index is 0.0657. The Balaban J connectivity index is 2.12. The zero-order chi connectivity index (χ0) is 19.8. The van der Waals surface area contributed by atoms with Crippen LogP contribution in [0.2, 0.25) is 0 Å². The van der Waals surface area contributed by atoms with Crippen LogP contribution in [0.3, 0.4) is 0 Å². The van der Waals surface area contributed by atoms with E-state index in [1.54, 1.807) is 24.3 Å². The van der Waals surface area contributed by atoms with Gasteiger partial charge in [-0.2, -0.15) is 0 Å². The number of nitrogens with one attached hydrogen (secondary N) is 1. The molecule has 1 amide bonds. The second-order valence-corrected chi connectivity index (χ2v) is 5.99. The Morgan fingerprint density at radius 1 is 1.22 bits per heavy atom. The highest BCUT2D eigenvalue weighted by Gasteiger charge is 2.34. The molecule has 0 saturated heterocycles. The third-order valence-corrected chi connectivity index (χ3v) is 4.07. The van der Waals surface area contributed by atoms with Crippen LogP contribution in [-0.4, -0.2) is 61.3 Å². The molecule has 0 spiro atoms. The van der Waals surface area contributed by atoms with Crippen molar-refractivity contribution in [2.45, 2.75) is 19.8 Å². The molecule has 1 aliphatic heterocycles. The Hall–Kier alpha value is -2.87. The molecular weight excluding hydrogens is 352 g/mol. The molecule has 27 heavy (non-hydrogen) atoms. The lowest BCUT2D eigenvalue weighted by atomic mass is 10.2. The highest BCUT2D eigenvalue weighted by molar-refractivity contribution is 6.08. The van der Waals surface area contributed by atoms with Crippen LogP contribution in [-0.2, 0) is 19.1 Å². The molecule has 0 fully saturated rings. The van der Waals surface area contributed by atoms with Gasteiger partial charge in [0.25, 0.3) is 5.91 Å². The summed E-state index contributed by atoms with van der Waals surface area (Å²) in [6.07, 6.45) is 1.75. The summed E-state index contributed by atoms with van der Waals surface area (Å²) >= 11 is 0. The molecule has 0 bridgehead atoms. The molecule has 0 atom stereocenters. The number of ether oxygens (including phenoxy) is 2. The number of anilines is 1. The van der Waals surface area contributed by atoms with Crippen molar-refractivity contribution < 1.29 is 29.0 Å². The van der Waals surface area contributed by atoms with Gasteiger partial charge in [0.15, 0.2) is 0 Å². The minimum atomic E-state index is -0.609. The maximum atomic E-state index is 12.5. The van der Waals surface area contributed by atoms with E-state index in [4.69, 9.17) is 14.6 Å². The van der Waals surface area contributed by atoms with E-state index in [1.807, 2.05) is 6.92 Å². The maximum Gasteiger partial charge on any atom is 0.338 e. The fraction of sp³-hybridized carbons (Fsp3) is 0.421. The summed E-state index contributed by atoms with van der Waals surface area (Å²) in [5.41, 5.74) is 1.24. The number of β-amino-alcohol motifs (C(OH)–C–C–N with tert-alkyl or cyclic N) is 1. The van der Waals surface area contributed by atoms with E-state index in [1.165, 1.54) is 12.0 Å². The lowest BCUT2D eigenvalue weighted by Gasteiger charge is -2.15. The van der Waals surface area contributed by atoms with E-state index in [0.29, 0.717) is 17.9 Å². The van der Waals surface area contributed by atoms with Crippen LogP contribution in [0.5, 0.6) is 0 Å². The zero-order valence-electron chi connectivity index (χ0n) is 15.5. The largest absolute Gasteiger partial charge is 0.466 e. The van der Waals surface area contributed by atoms with Gasteiger partial charge < -0.3 is 24.8 Å². The van der Waals surface area contributed by atoms with Crippen molar-refractivity contribution in [1.29, 1.82) is 0 Å². The van der Waals surface area contributed by atoms with Crippen molar-refractivity contribution in [3.05, 3.63) is 41.1 Å². The second-order valence-electron chi connectivity index (χ2n) is 5.99. The number of hydrogen-bond donors (Lipinski definition) is 2. The van der Waals surface area contributed by atoms with Crippen LogP contribution < -0.4 is 5.32 Å². The molecule has 2 N–H and O–H groups in total. The highest BCUT2D eigenvalue weighted by atomic mass is 16.5. The summed E-state index contributed by atoms with van der Waals surface area (Å²) in [6.45, 7) is 2.36. The molecule has 146 valence electrons. The third kappa shape index (κ3) is 5.07. The molecular formula is C19H24N2O6. The van der Waals surface area contributed by atoms with E-state index < -0.39 is 17.8 Å². The lowest BCUT2D eigenvalue weighted by Crippen LogP contribution is -2.31. The van der Waals surface area contributed by atoms with Crippen LogP contribution in [0.15, 0.2) is 35.5 Å². The molecule has 0 saturated carbocycles. The number of carbonyl (C=O) groups is 3. The number of esters is 2. The number of hydrogen-bond acceptors (Lipinski definition) is 7. The lowest BCUT2D eigenvalue weighted by molar-refractivity contribution is -0.136.